The summed E-state index contributed by atoms with van der Waals surface area (Å²) in [4.78, 5) is 0. The molecular weight excluding hydrogens is 167 g/mol. The molecule has 2 heteroatoms. The molecule has 2 rings (SSSR count). The summed E-state index contributed by atoms with van der Waals surface area (Å²) in [6.07, 6.45) is 7.44. The number of alkyl halides is 1. The second kappa shape index (κ2) is 4.41. The van der Waals surface area contributed by atoms with Crippen molar-refractivity contribution < 1.29 is 9.13 Å². The van der Waals surface area contributed by atoms with Crippen molar-refractivity contribution >= 4 is 0 Å². The largest absolute Gasteiger partial charge is 0.378 e. The first kappa shape index (κ1) is 9.45. The molecule has 1 aliphatic carbocycles. The lowest BCUT2D eigenvalue weighted by Crippen LogP contribution is -2.33. The quantitative estimate of drug-likeness (QED) is 0.611. The zero-order chi connectivity index (χ0) is 9.10. The summed E-state index contributed by atoms with van der Waals surface area (Å²) >= 11 is 0. The van der Waals surface area contributed by atoms with Crippen molar-refractivity contribution in [3.8, 4) is 0 Å². The maximum atomic E-state index is 13.1. The molecule has 0 aromatic carbocycles. The number of hydrogen-bond acceptors (Lipinski definition) is 1. The van der Waals surface area contributed by atoms with E-state index in [2.05, 4.69) is 0 Å². The topological polar surface area (TPSA) is 9.23 Å². The molecule has 0 radical (unpaired) electrons. The minimum atomic E-state index is -0.597. The maximum Gasteiger partial charge on any atom is 0.105 e. The van der Waals surface area contributed by atoms with Gasteiger partial charge in [-0.15, -0.1) is 0 Å². The molecule has 2 atom stereocenters. The Hall–Kier alpha value is -0.110. The van der Waals surface area contributed by atoms with Crippen molar-refractivity contribution in [2.24, 2.45) is 5.92 Å². The number of halogens is 1. The Kier molecular flexibility index (Phi) is 3.20. The molecular formula is C11H19FO. The monoisotopic (exact) mass is 186 g/mol. The first-order valence-corrected chi connectivity index (χ1v) is 5.62. The molecule has 1 saturated heterocycles. The first-order valence-electron chi connectivity index (χ1n) is 5.62. The predicted molar refractivity (Wildman–Crippen MR) is 50.4 cm³/mol. The zero-order valence-corrected chi connectivity index (χ0v) is 8.18. The van der Waals surface area contributed by atoms with Gasteiger partial charge < -0.3 is 4.74 Å². The van der Waals surface area contributed by atoms with Crippen molar-refractivity contribution in [3.63, 3.8) is 0 Å². The molecule has 0 amide bonds. The average Bonchev–Trinajstić information content (AvgIpc) is 2.19. The maximum absolute atomic E-state index is 13.1. The second-order valence-electron chi connectivity index (χ2n) is 4.43. The van der Waals surface area contributed by atoms with Gasteiger partial charge >= 0.3 is 0 Å². The van der Waals surface area contributed by atoms with E-state index in [1.807, 2.05) is 0 Å². The van der Waals surface area contributed by atoms with E-state index in [0.29, 0.717) is 25.4 Å². The van der Waals surface area contributed by atoms with E-state index in [1.54, 1.807) is 0 Å². The third-order valence-corrected chi connectivity index (χ3v) is 3.43. The van der Waals surface area contributed by atoms with Gasteiger partial charge in [0, 0.05) is 19.4 Å². The molecule has 1 nitrogen and oxygen atoms in total. The van der Waals surface area contributed by atoms with Crippen LogP contribution in [0.25, 0.3) is 0 Å². The summed E-state index contributed by atoms with van der Waals surface area (Å²) in [5.41, 5.74) is 0. The van der Waals surface area contributed by atoms with Gasteiger partial charge in [-0.2, -0.15) is 0 Å². The molecule has 1 aliphatic heterocycles. The van der Waals surface area contributed by atoms with Crippen molar-refractivity contribution in [1.82, 2.24) is 0 Å². The molecule has 13 heavy (non-hydrogen) atoms. The van der Waals surface area contributed by atoms with Crippen LogP contribution < -0.4 is 0 Å². The van der Waals surface area contributed by atoms with Crippen LogP contribution in [-0.2, 0) is 4.74 Å². The Balaban J connectivity index is 1.83. The summed E-state index contributed by atoms with van der Waals surface area (Å²) in [6, 6.07) is 0. The van der Waals surface area contributed by atoms with E-state index in [9.17, 15) is 4.39 Å². The fraction of sp³-hybridized carbons (Fsp3) is 1.00. The summed E-state index contributed by atoms with van der Waals surface area (Å²) in [5.74, 6) is 0.660. The van der Waals surface area contributed by atoms with Gasteiger partial charge in [-0.05, 0) is 18.8 Å². The van der Waals surface area contributed by atoms with Crippen LogP contribution in [0.2, 0.25) is 0 Å². The van der Waals surface area contributed by atoms with Gasteiger partial charge in [0.25, 0.3) is 0 Å². The Morgan fingerprint density at radius 2 is 1.77 bits per heavy atom. The van der Waals surface area contributed by atoms with Crippen LogP contribution in [0.5, 0.6) is 0 Å². The van der Waals surface area contributed by atoms with Crippen LogP contribution >= 0.6 is 0 Å². The van der Waals surface area contributed by atoms with Crippen LogP contribution in [0.4, 0.5) is 4.39 Å². The highest BCUT2D eigenvalue weighted by molar-refractivity contribution is 4.79. The molecule has 0 bridgehead atoms. The third-order valence-electron chi connectivity index (χ3n) is 3.43. The van der Waals surface area contributed by atoms with Gasteiger partial charge in [-0.3, -0.25) is 0 Å². The predicted octanol–water partition coefficient (Wildman–Crippen LogP) is 3.08. The standard InChI is InChI=1S/C11H19FO/c12-10-6-7-13-11(8-10)9-4-2-1-3-5-9/h9-11H,1-8H2/t10-,11+/m0/s1. The fourth-order valence-electron chi connectivity index (χ4n) is 2.62. The minimum Gasteiger partial charge on any atom is -0.378 e. The zero-order valence-electron chi connectivity index (χ0n) is 8.18. The van der Waals surface area contributed by atoms with Crippen molar-refractivity contribution in [2.75, 3.05) is 6.61 Å². The Morgan fingerprint density at radius 3 is 2.46 bits per heavy atom. The van der Waals surface area contributed by atoms with Crippen LogP contribution in [0, 0.1) is 5.92 Å². The summed E-state index contributed by atoms with van der Waals surface area (Å²) in [5, 5.41) is 0. The van der Waals surface area contributed by atoms with Gasteiger partial charge in [0.2, 0.25) is 0 Å². The molecule has 0 aromatic heterocycles. The van der Waals surface area contributed by atoms with E-state index in [4.69, 9.17) is 4.74 Å². The molecule has 0 unspecified atom stereocenters. The minimum absolute atomic E-state index is 0.240. The Morgan fingerprint density at radius 1 is 1.00 bits per heavy atom. The number of hydrogen-bond donors (Lipinski definition) is 0. The summed E-state index contributed by atoms with van der Waals surface area (Å²) in [7, 11) is 0. The van der Waals surface area contributed by atoms with Gasteiger partial charge in [0.05, 0.1) is 6.10 Å². The van der Waals surface area contributed by atoms with Gasteiger partial charge in [0.15, 0.2) is 0 Å². The molecule has 2 aliphatic rings. The normalized spacial score (nSPS) is 37.6. The average molecular weight is 186 g/mol. The molecule has 0 spiro atoms. The number of rotatable bonds is 1. The smallest absolute Gasteiger partial charge is 0.105 e. The molecule has 1 heterocycles. The van der Waals surface area contributed by atoms with Crippen molar-refractivity contribution in [3.05, 3.63) is 0 Å². The highest BCUT2D eigenvalue weighted by Gasteiger charge is 2.29. The lowest BCUT2D eigenvalue weighted by atomic mass is 9.82. The third kappa shape index (κ3) is 2.43. The fourth-order valence-corrected chi connectivity index (χ4v) is 2.62. The Labute approximate surface area is 79.7 Å². The van der Waals surface area contributed by atoms with Crippen molar-refractivity contribution in [1.29, 1.82) is 0 Å². The van der Waals surface area contributed by atoms with Crippen molar-refractivity contribution in [2.45, 2.75) is 57.2 Å². The van der Waals surface area contributed by atoms with E-state index < -0.39 is 6.17 Å². The first-order chi connectivity index (χ1) is 6.36. The molecule has 76 valence electrons. The molecule has 0 aromatic rings. The Bertz CT molecular complexity index is 154. The van der Waals surface area contributed by atoms with Crippen LogP contribution in [0.15, 0.2) is 0 Å². The summed E-state index contributed by atoms with van der Waals surface area (Å²) < 4.78 is 18.8. The summed E-state index contributed by atoms with van der Waals surface area (Å²) in [6.45, 7) is 0.641. The lowest BCUT2D eigenvalue weighted by molar-refractivity contribution is -0.0564. The lowest BCUT2D eigenvalue weighted by Gasteiger charge is -2.34. The SMILES string of the molecule is F[C@H]1CCO[C@@H](C2CCCCC2)C1. The van der Waals surface area contributed by atoms with Gasteiger partial charge in [-0.1, -0.05) is 19.3 Å². The van der Waals surface area contributed by atoms with E-state index in [-0.39, 0.29) is 6.10 Å². The van der Waals surface area contributed by atoms with Gasteiger partial charge in [0.1, 0.15) is 6.17 Å². The molecule has 0 N–H and O–H groups in total. The van der Waals surface area contributed by atoms with E-state index in [1.165, 1.54) is 32.1 Å². The molecule has 1 saturated carbocycles. The van der Waals surface area contributed by atoms with E-state index in [0.717, 1.165) is 0 Å². The van der Waals surface area contributed by atoms with Crippen LogP contribution in [-0.4, -0.2) is 18.9 Å². The van der Waals surface area contributed by atoms with E-state index >= 15 is 0 Å². The van der Waals surface area contributed by atoms with Crippen LogP contribution in [0.3, 0.4) is 0 Å². The van der Waals surface area contributed by atoms with Gasteiger partial charge in [-0.25, -0.2) is 4.39 Å². The second-order valence-corrected chi connectivity index (χ2v) is 4.43. The number of ether oxygens (including phenoxy) is 1. The highest BCUT2D eigenvalue weighted by atomic mass is 19.1. The highest BCUT2D eigenvalue weighted by Crippen LogP contribution is 2.32. The molecule has 2 fully saturated rings. The van der Waals surface area contributed by atoms with Crippen LogP contribution in [0.1, 0.15) is 44.9 Å².